The number of hydrogen-bond donors (Lipinski definition) is 1. The fourth-order valence-electron chi connectivity index (χ4n) is 1.50. The third-order valence-electron chi connectivity index (χ3n) is 2.19. The molecule has 0 unspecified atom stereocenters. The van der Waals surface area contributed by atoms with E-state index in [1.165, 1.54) is 7.11 Å². The molecule has 0 saturated heterocycles. The third-order valence-corrected chi connectivity index (χ3v) is 2.19. The highest BCUT2D eigenvalue weighted by Gasteiger charge is 2.11. The van der Waals surface area contributed by atoms with Crippen molar-refractivity contribution in [2.75, 3.05) is 13.7 Å². The molecule has 2 nitrogen and oxygen atoms in total. The van der Waals surface area contributed by atoms with Gasteiger partial charge in [-0.2, -0.15) is 0 Å². The number of benzene rings is 1. The molecule has 0 saturated carbocycles. The number of ether oxygens (including phenoxy) is 1. The van der Waals surface area contributed by atoms with Gasteiger partial charge in [-0.1, -0.05) is 0 Å². The maximum atomic E-state index is 13.4. The lowest BCUT2D eigenvalue weighted by Gasteiger charge is -2.10. The lowest BCUT2D eigenvalue weighted by molar-refractivity contribution is 0.379. The minimum Gasteiger partial charge on any atom is -0.493 e. The Morgan fingerprint density at radius 2 is 2.13 bits per heavy atom. The number of nitrogens with two attached hydrogens (primary N) is 1. The van der Waals surface area contributed by atoms with Gasteiger partial charge in [-0.15, -0.1) is 0 Å². The first-order valence-electron chi connectivity index (χ1n) is 4.84. The van der Waals surface area contributed by atoms with Crippen molar-refractivity contribution in [1.82, 2.24) is 0 Å². The van der Waals surface area contributed by atoms with Crippen LogP contribution in [-0.4, -0.2) is 13.7 Å². The summed E-state index contributed by atoms with van der Waals surface area (Å²) in [6.07, 6.45) is 1.33. The zero-order chi connectivity index (χ0) is 11.3. The molecular formula is C11H15F2NO. The zero-order valence-electron chi connectivity index (χ0n) is 8.72. The van der Waals surface area contributed by atoms with E-state index in [0.29, 0.717) is 24.1 Å². The molecule has 0 amide bonds. The van der Waals surface area contributed by atoms with Gasteiger partial charge in [0.25, 0.3) is 0 Å². The van der Waals surface area contributed by atoms with E-state index in [1.807, 2.05) is 0 Å². The summed E-state index contributed by atoms with van der Waals surface area (Å²) in [6, 6.07) is 2.78. The molecule has 0 heterocycles. The third kappa shape index (κ3) is 2.89. The first kappa shape index (κ1) is 11.9. The fourth-order valence-corrected chi connectivity index (χ4v) is 1.50. The molecule has 1 aromatic rings. The summed E-state index contributed by atoms with van der Waals surface area (Å²) in [5.74, 6) is -0.319. The van der Waals surface area contributed by atoms with Crippen LogP contribution in [0.15, 0.2) is 12.1 Å². The van der Waals surface area contributed by atoms with Gasteiger partial charge in [-0.25, -0.2) is 8.78 Å². The molecule has 1 aromatic carbocycles. The van der Waals surface area contributed by atoms with Crippen LogP contribution in [0.4, 0.5) is 8.78 Å². The monoisotopic (exact) mass is 215 g/mol. The summed E-state index contributed by atoms with van der Waals surface area (Å²) >= 11 is 0. The fraction of sp³-hybridized carbons (Fsp3) is 0.455. The Labute approximate surface area is 88.0 Å². The number of alkyl halides is 1. The summed E-state index contributed by atoms with van der Waals surface area (Å²) in [5.41, 5.74) is 6.38. The minimum atomic E-state index is -0.670. The first-order chi connectivity index (χ1) is 7.22. The topological polar surface area (TPSA) is 35.2 Å². The maximum absolute atomic E-state index is 13.4. The molecule has 4 heteroatoms. The molecule has 0 aliphatic carbocycles. The Balaban J connectivity index is 3.02. The van der Waals surface area contributed by atoms with E-state index >= 15 is 0 Å². The Morgan fingerprint density at radius 3 is 2.67 bits per heavy atom. The van der Waals surface area contributed by atoms with Crippen LogP contribution in [0, 0.1) is 5.82 Å². The van der Waals surface area contributed by atoms with E-state index in [9.17, 15) is 8.78 Å². The van der Waals surface area contributed by atoms with E-state index in [1.54, 1.807) is 6.07 Å². The van der Waals surface area contributed by atoms with Crippen LogP contribution in [0.3, 0.4) is 0 Å². The molecule has 0 aliphatic rings. The molecule has 0 aliphatic heterocycles. The SMILES string of the molecule is COc1c(F)cc(CF)cc1CCCN. The predicted octanol–water partition coefficient (Wildman–Crippen LogP) is 2.20. The van der Waals surface area contributed by atoms with Crippen LogP contribution in [0.25, 0.3) is 0 Å². The smallest absolute Gasteiger partial charge is 0.165 e. The van der Waals surface area contributed by atoms with Crippen molar-refractivity contribution in [3.63, 3.8) is 0 Å². The van der Waals surface area contributed by atoms with E-state index in [-0.39, 0.29) is 5.75 Å². The summed E-state index contributed by atoms with van der Waals surface area (Å²) in [4.78, 5) is 0. The predicted molar refractivity (Wildman–Crippen MR) is 55.1 cm³/mol. The number of hydrogen-bond acceptors (Lipinski definition) is 2. The Hall–Kier alpha value is -1.16. The second-order valence-corrected chi connectivity index (χ2v) is 3.30. The first-order valence-corrected chi connectivity index (χ1v) is 4.84. The van der Waals surface area contributed by atoms with E-state index in [2.05, 4.69) is 0 Å². The van der Waals surface area contributed by atoms with Crippen LogP contribution in [0.5, 0.6) is 5.75 Å². The van der Waals surface area contributed by atoms with Crippen LogP contribution in [0.1, 0.15) is 17.5 Å². The Morgan fingerprint density at radius 1 is 1.40 bits per heavy atom. The highest BCUT2D eigenvalue weighted by Crippen LogP contribution is 2.25. The van der Waals surface area contributed by atoms with Crippen LogP contribution in [-0.2, 0) is 13.1 Å². The van der Waals surface area contributed by atoms with Crippen LogP contribution in [0.2, 0.25) is 0 Å². The quantitative estimate of drug-likeness (QED) is 0.817. The van der Waals surface area contributed by atoms with Gasteiger partial charge in [0.1, 0.15) is 6.67 Å². The van der Waals surface area contributed by atoms with Gasteiger partial charge < -0.3 is 10.5 Å². The second kappa shape index (κ2) is 5.66. The van der Waals surface area contributed by atoms with Crippen molar-refractivity contribution < 1.29 is 13.5 Å². The van der Waals surface area contributed by atoms with Gasteiger partial charge in [-0.3, -0.25) is 0 Å². The van der Waals surface area contributed by atoms with Crippen molar-refractivity contribution in [3.8, 4) is 5.75 Å². The van der Waals surface area contributed by atoms with Crippen molar-refractivity contribution >= 4 is 0 Å². The molecule has 84 valence electrons. The largest absolute Gasteiger partial charge is 0.493 e. The van der Waals surface area contributed by atoms with E-state index in [4.69, 9.17) is 10.5 Å². The van der Waals surface area contributed by atoms with Gasteiger partial charge in [0.2, 0.25) is 0 Å². The van der Waals surface area contributed by atoms with Gasteiger partial charge in [0, 0.05) is 0 Å². The molecule has 0 fully saturated rings. The summed E-state index contributed by atoms with van der Waals surface area (Å²) in [5, 5.41) is 0. The summed E-state index contributed by atoms with van der Waals surface area (Å²) in [6.45, 7) is -0.152. The van der Waals surface area contributed by atoms with E-state index in [0.717, 1.165) is 12.5 Å². The molecule has 0 aromatic heterocycles. The average molecular weight is 215 g/mol. The molecule has 2 N–H and O–H groups in total. The van der Waals surface area contributed by atoms with Gasteiger partial charge in [0.05, 0.1) is 7.11 Å². The highest BCUT2D eigenvalue weighted by molar-refractivity contribution is 5.38. The maximum Gasteiger partial charge on any atom is 0.165 e. The highest BCUT2D eigenvalue weighted by atomic mass is 19.1. The van der Waals surface area contributed by atoms with Crippen LogP contribution < -0.4 is 10.5 Å². The minimum absolute atomic E-state index is 0.195. The number of aryl methyl sites for hydroxylation is 1. The second-order valence-electron chi connectivity index (χ2n) is 3.30. The van der Waals surface area contributed by atoms with Gasteiger partial charge in [0.15, 0.2) is 11.6 Å². The zero-order valence-corrected chi connectivity index (χ0v) is 8.72. The molecule has 0 bridgehead atoms. The van der Waals surface area contributed by atoms with Crippen LogP contribution >= 0.6 is 0 Å². The molecular weight excluding hydrogens is 200 g/mol. The summed E-state index contributed by atoms with van der Waals surface area (Å²) in [7, 11) is 1.40. The van der Waals surface area contributed by atoms with Crippen molar-refractivity contribution in [2.45, 2.75) is 19.5 Å². The molecule has 0 atom stereocenters. The number of methoxy groups -OCH3 is 1. The lowest BCUT2D eigenvalue weighted by atomic mass is 10.0. The standard InChI is InChI=1S/C11H15F2NO/c1-15-11-9(3-2-4-14)5-8(7-12)6-10(11)13/h5-6H,2-4,7,14H2,1H3. The lowest BCUT2D eigenvalue weighted by Crippen LogP contribution is -2.03. The Bertz CT molecular complexity index is 329. The normalized spacial score (nSPS) is 10.4. The molecule has 0 spiro atoms. The van der Waals surface area contributed by atoms with Crippen molar-refractivity contribution in [3.05, 3.63) is 29.1 Å². The molecule has 15 heavy (non-hydrogen) atoms. The van der Waals surface area contributed by atoms with E-state index < -0.39 is 12.5 Å². The van der Waals surface area contributed by atoms with Crippen molar-refractivity contribution in [2.24, 2.45) is 5.73 Å². The number of rotatable bonds is 5. The summed E-state index contributed by atoms with van der Waals surface area (Å²) < 4.78 is 30.7. The average Bonchev–Trinajstić information content (AvgIpc) is 2.25. The number of halogens is 2. The van der Waals surface area contributed by atoms with Crippen molar-refractivity contribution in [1.29, 1.82) is 0 Å². The van der Waals surface area contributed by atoms with Gasteiger partial charge in [-0.05, 0) is 42.6 Å². The molecule has 0 radical (unpaired) electrons. The molecule has 1 rings (SSSR count). The van der Waals surface area contributed by atoms with Gasteiger partial charge >= 0.3 is 0 Å². The Kier molecular flexibility index (Phi) is 4.49.